The van der Waals surface area contributed by atoms with Gasteiger partial charge in [0.25, 0.3) is 5.91 Å². The summed E-state index contributed by atoms with van der Waals surface area (Å²) < 4.78 is 5.09. The van der Waals surface area contributed by atoms with E-state index < -0.39 is 0 Å². The lowest BCUT2D eigenvalue weighted by Gasteiger charge is -2.43. The molecule has 2 heterocycles. The van der Waals surface area contributed by atoms with Crippen LogP contribution in [-0.4, -0.2) is 53.8 Å². The maximum Gasteiger partial charge on any atom is 0.254 e. The number of imide groups is 1. The second kappa shape index (κ2) is 6.02. The first-order valence-corrected chi connectivity index (χ1v) is 8.55. The lowest BCUT2D eigenvalue weighted by molar-refractivity contribution is -0.145. The fourth-order valence-corrected chi connectivity index (χ4v) is 3.89. The second-order valence-corrected chi connectivity index (χ2v) is 6.79. The van der Waals surface area contributed by atoms with Crippen LogP contribution in [0.5, 0.6) is 5.75 Å². The number of likely N-dealkylation sites (tertiary alicyclic amines) is 2. The molecule has 1 aromatic carbocycles. The Labute approximate surface area is 146 Å². The molecule has 3 aliphatic rings. The van der Waals surface area contributed by atoms with E-state index in [1.807, 2.05) is 12.2 Å². The van der Waals surface area contributed by atoms with E-state index in [1.165, 1.54) is 4.90 Å². The van der Waals surface area contributed by atoms with Crippen molar-refractivity contribution in [1.29, 1.82) is 0 Å². The van der Waals surface area contributed by atoms with E-state index in [2.05, 4.69) is 0 Å². The number of rotatable bonds is 3. The summed E-state index contributed by atoms with van der Waals surface area (Å²) in [4.78, 5) is 40.7. The number of hydrogen-bond donors (Lipinski definition) is 0. The number of allylic oxidation sites excluding steroid dienone is 2. The van der Waals surface area contributed by atoms with Crippen LogP contribution in [0.3, 0.4) is 0 Å². The van der Waals surface area contributed by atoms with Crippen molar-refractivity contribution >= 4 is 17.7 Å². The van der Waals surface area contributed by atoms with Gasteiger partial charge in [-0.2, -0.15) is 0 Å². The number of carbonyl (C=O) groups excluding carboxylic acids is 3. The number of benzene rings is 1. The first-order valence-electron chi connectivity index (χ1n) is 8.55. The molecule has 2 fully saturated rings. The Hall–Kier alpha value is -2.63. The predicted octanol–water partition coefficient (Wildman–Crippen LogP) is 1.47. The van der Waals surface area contributed by atoms with Gasteiger partial charge in [-0.15, -0.1) is 0 Å². The van der Waals surface area contributed by atoms with Crippen LogP contribution < -0.4 is 4.74 Å². The molecule has 2 unspecified atom stereocenters. The van der Waals surface area contributed by atoms with Crippen molar-refractivity contribution in [2.75, 3.05) is 20.2 Å². The molecule has 6 heteroatoms. The quantitative estimate of drug-likeness (QED) is 0.617. The number of amides is 3. The van der Waals surface area contributed by atoms with Crippen molar-refractivity contribution < 1.29 is 19.1 Å². The zero-order chi connectivity index (χ0) is 17.6. The van der Waals surface area contributed by atoms with E-state index in [1.54, 1.807) is 36.3 Å². The van der Waals surface area contributed by atoms with Gasteiger partial charge in [-0.1, -0.05) is 12.2 Å². The minimum atomic E-state index is -0.205. The molecule has 0 spiro atoms. The molecule has 0 N–H and O–H groups in total. The van der Waals surface area contributed by atoms with Crippen LogP contribution in [0.1, 0.15) is 23.2 Å². The lowest BCUT2D eigenvalue weighted by atomic mass is 9.85. The summed E-state index contributed by atoms with van der Waals surface area (Å²) in [6.45, 7) is 0.824. The number of methoxy groups -OCH3 is 1. The number of ether oxygens (including phenoxy) is 1. The average Bonchev–Trinajstić information content (AvgIpc) is 2.86. The zero-order valence-electron chi connectivity index (χ0n) is 14.1. The Balaban J connectivity index is 1.41. The van der Waals surface area contributed by atoms with Crippen molar-refractivity contribution in [3.05, 3.63) is 42.0 Å². The third-order valence-corrected chi connectivity index (χ3v) is 5.39. The van der Waals surface area contributed by atoms with Gasteiger partial charge in [0.2, 0.25) is 11.8 Å². The smallest absolute Gasteiger partial charge is 0.254 e. The summed E-state index contributed by atoms with van der Waals surface area (Å²) in [5.74, 6) is 0.0639. The molecule has 1 aromatic rings. The van der Waals surface area contributed by atoms with Crippen molar-refractivity contribution in [1.82, 2.24) is 9.80 Å². The zero-order valence-corrected chi connectivity index (χ0v) is 14.1. The summed E-state index contributed by atoms with van der Waals surface area (Å²) in [5, 5.41) is 0. The Kier molecular flexibility index (Phi) is 3.82. The molecule has 3 amide bonds. The number of fused-ring (bicyclic) bond motifs is 1. The highest BCUT2D eigenvalue weighted by Gasteiger charge is 2.52. The molecule has 25 heavy (non-hydrogen) atoms. The molecule has 130 valence electrons. The average molecular weight is 340 g/mol. The number of nitrogens with zero attached hydrogens (tertiary/aromatic N) is 2. The topological polar surface area (TPSA) is 66.9 Å². The van der Waals surface area contributed by atoms with Gasteiger partial charge in [0, 0.05) is 18.7 Å². The molecule has 6 nitrogen and oxygen atoms in total. The molecule has 1 aliphatic carbocycles. The van der Waals surface area contributed by atoms with E-state index in [4.69, 9.17) is 4.74 Å². The van der Waals surface area contributed by atoms with Crippen LogP contribution in [0, 0.1) is 11.8 Å². The Bertz CT molecular complexity index is 723. The largest absolute Gasteiger partial charge is 0.497 e. The molecule has 0 bridgehead atoms. The third-order valence-electron chi connectivity index (χ3n) is 5.39. The van der Waals surface area contributed by atoms with Crippen LogP contribution in [0.25, 0.3) is 0 Å². The summed E-state index contributed by atoms with van der Waals surface area (Å²) in [6, 6.07) is 6.75. The molecule has 2 atom stereocenters. The highest BCUT2D eigenvalue weighted by atomic mass is 16.5. The van der Waals surface area contributed by atoms with Gasteiger partial charge in [0.05, 0.1) is 25.0 Å². The van der Waals surface area contributed by atoms with E-state index in [0.29, 0.717) is 37.2 Å². The van der Waals surface area contributed by atoms with Crippen molar-refractivity contribution in [3.8, 4) is 5.75 Å². The lowest BCUT2D eigenvalue weighted by Crippen LogP contribution is -2.62. The first kappa shape index (κ1) is 15.9. The molecule has 0 aromatic heterocycles. The van der Waals surface area contributed by atoms with Crippen LogP contribution >= 0.6 is 0 Å². The Morgan fingerprint density at radius 1 is 1.00 bits per heavy atom. The monoisotopic (exact) mass is 340 g/mol. The van der Waals surface area contributed by atoms with Gasteiger partial charge in [0.15, 0.2) is 0 Å². The van der Waals surface area contributed by atoms with Gasteiger partial charge < -0.3 is 9.64 Å². The normalized spacial score (nSPS) is 25.8. The van der Waals surface area contributed by atoms with Gasteiger partial charge in [-0.3, -0.25) is 19.3 Å². The number of hydrogen-bond acceptors (Lipinski definition) is 4. The SMILES string of the molecule is COc1ccc(C(=O)N2CC(N3C(=O)C4CC=CCC4C3=O)C2)cc1. The summed E-state index contributed by atoms with van der Waals surface area (Å²) in [5.41, 5.74) is 0.580. The predicted molar refractivity (Wildman–Crippen MR) is 89.9 cm³/mol. The molecule has 2 aliphatic heterocycles. The fraction of sp³-hybridized carbons (Fsp3) is 0.421. The summed E-state index contributed by atoms with van der Waals surface area (Å²) in [6.07, 6.45) is 5.26. The Morgan fingerprint density at radius 2 is 1.56 bits per heavy atom. The minimum absolute atomic E-state index is 0.0686. The highest BCUT2D eigenvalue weighted by Crippen LogP contribution is 2.37. The first-order chi connectivity index (χ1) is 12.1. The van der Waals surface area contributed by atoms with E-state index in [9.17, 15) is 14.4 Å². The van der Waals surface area contributed by atoms with E-state index >= 15 is 0 Å². The van der Waals surface area contributed by atoms with Crippen molar-refractivity contribution in [2.45, 2.75) is 18.9 Å². The standard InChI is InChI=1S/C19H20N2O4/c1-25-14-8-6-12(7-9-14)17(22)20-10-13(11-20)21-18(23)15-4-2-3-5-16(15)19(21)24/h2-3,6-9,13,15-16H,4-5,10-11H2,1H3. The summed E-state index contributed by atoms with van der Waals surface area (Å²) >= 11 is 0. The molecular formula is C19H20N2O4. The summed E-state index contributed by atoms with van der Waals surface area (Å²) in [7, 11) is 1.58. The minimum Gasteiger partial charge on any atom is -0.497 e. The van der Waals surface area contributed by atoms with Crippen LogP contribution in [0.15, 0.2) is 36.4 Å². The fourth-order valence-electron chi connectivity index (χ4n) is 3.89. The van der Waals surface area contributed by atoms with Crippen LogP contribution in [-0.2, 0) is 9.59 Å². The highest BCUT2D eigenvalue weighted by molar-refractivity contribution is 6.06. The Morgan fingerprint density at radius 3 is 2.08 bits per heavy atom. The third kappa shape index (κ3) is 2.52. The van der Waals surface area contributed by atoms with Gasteiger partial charge >= 0.3 is 0 Å². The molecule has 0 saturated carbocycles. The number of carbonyl (C=O) groups is 3. The van der Waals surface area contributed by atoms with Gasteiger partial charge in [0.1, 0.15) is 5.75 Å². The molecule has 2 saturated heterocycles. The van der Waals surface area contributed by atoms with E-state index in [0.717, 1.165) is 0 Å². The maximum atomic E-state index is 12.6. The van der Waals surface area contributed by atoms with Crippen molar-refractivity contribution in [2.24, 2.45) is 11.8 Å². The van der Waals surface area contributed by atoms with E-state index in [-0.39, 0.29) is 35.6 Å². The van der Waals surface area contributed by atoms with Gasteiger partial charge in [-0.25, -0.2) is 0 Å². The molecule has 4 rings (SSSR count). The molecular weight excluding hydrogens is 320 g/mol. The van der Waals surface area contributed by atoms with Crippen molar-refractivity contribution in [3.63, 3.8) is 0 Å². The van der Waals surface area contributed by atoms with Gasteiger partial charge in [-0.05, 0) is 37.1 Å². The maximum absolute atomic E-state index is 12.6. The molecule has 0 radical (unpaired) electrons. The van der Waals surface area contributed by atoms with Crippen LogP contribution in [0.4, 0.5) is 0 Å². The van der Waals surface area contributed by atoms with Crippen LogP contribution in [0.2, 0.25) is 0 Å². The second-order valence-electron chi connectivity index (χ2n) is 6.79.